The van der Waals surface area contributed by atoms with E-state index in [0.717, 1.165) is 6.54 Å². The van der Waals surface area contributed by atoms with Crippen molar-refractivity contribution in [1.29, 1.82) is 0 Å². The summed E-state index contributed by atoms with van der Waals surface area (Å²) in [6.45, 7) is 5.79. The molecular formula is C14H21N. The van der Waals surface area contributed by atoms with Crippen LogP contribution in [0.25, 0.3) is 0 Å². The van der Waals surface area contributed by atoms with Gasteiger partial charge in [-0.3, -0.25) is 0 Å². The van der Waals surface area contributed by atoms with Crippen molar-refractivity contribution >= 4 is 0 Å². The van der Waals surface area contributed by atoms with Gasteiger partial charge in [0, 0.05) is 12.6 Å². The Balaban J connectivity index is 1.85. The van der Waals surface area contributed by atoms with Crippen LogP contribution in [0.1, 0.15) is 44.7 Å². The van der Waals surface area contributed by atoms with Gasteiger partial charge in [-0.25, -0.2) is 0 Å². The summed E-state index contributed by atoms with van der Waals surface area (Å²) in [4.78, 5) is 0. The number of benzene rings is 1. The summed E-state index contributed by atoms with van der Waals surface area (Å²) in [5.74, 6) is 0. The third kappa shape index (κ3) is 2.60. The molecule has 0 saturated heterocycles. The second-order valence-corrected chi connectivity index (χ2v) is 5.18. The van der Waals surface area contributed by atoms with Crippen LogP contribution in [0.5, 0.6) is 0 Å². The standard InChI is InChI=1S/C14H21N/c1-12(13-7-4-3-5-8-13)15-11-14(2)9-6-10-14/h3-5,7-8,12,15H,6,9-11H2,1-2H3. The van der Waals surface area contributed by atoms with Gasteiger partial charge >= 0.3 is 0 Å². The maximum atomic E-state index is 3.64. The van der Waals surface area contributed by atoms with Crippen molar-refractivity contribution in [2.75, 3.05) is 6.54 Å². The van der Waals surface area contributed by atoms with Crippen molar-refractivity contribution < 1.29 is 0 Å². The van der Waals surface area contributed by atoms with E-state index in [2.05, 4.69) is 49.5 Å². The molecule has 0 bridgehead atoms. The molecule has 82 valence electrons. The topological polar surface area (TPSA) is 12.0 Å². The second kappa shape index (κ2) is 4.36. The maximum absolute atomic E-state index is 3.64. The van der Waals surface area contributed by atoms with Gasteiger partial charge in [-0.1, -0.05) is 43.7 Å². The highest BCUT2D eigenvalue weighted by Gasteiger charge is 2.31. The number of hydrogen-bond acceptors (Lipinski definition) is 1. The van der Waals surface area contributed by atoms with E-state index in [1.165, 1.54) is 24.8 Å². The van der Waals surface area contributed by atoms with Gasteiger partial charge in [0.05, 0.1) is 0 Å². The molecule has 1 aliphatic carbocycles. The molecule has 1 saturated carbocycles. The van der Waals surface area contributed by atoms with E-state index in [1.807, 2.05) is 0 Å². The van der Waals surface area contributed by atoms with Gasteiger partial charge in [-0.15, -0.1) is 0 Å². The molecule has 1 unspecified atom stereocenters. The fraction of sp³-hybridized carbons (Fsp3) is 0.571. The van der Waals surface area contributed by atoms with Crippen LogP contribution >= 0.6 is 0 Å². The predicted octanol–water partition coefficient (Wildman–Crippen LogP) is 3.53. The number of nitrogens with one attached hydrogen (secondary N) is 1. The van der Waals surface area contributed by atoms with Crippen molar-refractivity contribution in [2.24, 2.45) is 5.41 Å². The van der Waals surface area contributed by atoms with E-state index < -0.39 is 0 Å². The van der Waals surface area contributed by atoms with Crippen LogP contribution < -0.4 is 5.32 Å². The molecule has 1 heteroatoms. The van der Waals surface area contributed by atoms with Crippen LogP contribution in [0.15, 0.2) is 30.3 Å². The van der Waals surface area contributed by atoms with Gasteiger partial charge in [-0.2, -0.15) is 0 Å². The van der Waals surface area contributed by atoms with Crippen molar-refractivity contribution in [3.63, 3.8) is 0 Å². The maximum Gasteiger partial charge on any atom is 0.0292 e. The first-order valence-corrected chi connectivity index (χ1v) is 5.98. The van der Waals surface area contributed by atoms with Crippen LogP contribution in [0.4, 0.5) is 0 Å². The SMILES string of the molecule is CC(NCC1(C)CCC1)c1ccccc1. The van der Waals surface area contributed by atoms with Gasteiger partial charge in [0.1, 0.15) is 0 Å². The Labute approximate surface area is 92.9 Å². The Bertz CT molecular complexity index is 300. The quantitative estimate of drug-likeness (QED) is 0.789. The fourth-order valence-corrected chi connectivity index (χ4v) is 2.22. The summed E-state index contributed by atoms with van der Waals surface area (Å²) in [5.41, 5.74) is 1.96. The van der Waals surface area contributed by atoms with Crippen molar-refractivity contribution in [3.8, 4) is 0 Å². The molecule has 0 heterocycles. The summed E-state index contributed by atoms with van der Waals surface area (Å²) in [7, 11) is 0. The molecule has 1 aliphatic rings. The molecule has 0 radical (unpaired) electrons. The molecule has 1 aromatic rings. The molecule has 1 aromatic carbocycles. The van der Waals surface area contributed by atoms with E-state index in [-0.39, 0.29) is 0 Å². The number of rotatable bonds is 4. The monoisotopic (exact) mass is 203 g/mol. The van der Waals surface area contributed by atoms with Crippen LogP contribution in [0.2, 0.25) is 0 Å². The van der Waals surface area contributed by atoms with Gasteiger partial charge in [0.2, 0.25) is 0 Å². The molecule has 1 atom stereocenters. The molecule has 0 aromatic heterocycles. The van der Waals surface area contributed by atoms with Crippen molar-refractivity contribution in [2.45, 2.75) is 39.2 Å². The van der Waals surface area contributed by atoms with E-state index in [9.17, 15) is 0 Å². The molecule has 1 N–H and O–H groups in total. The fourth-order valence-electron chi connectivity index (χ4n) is 2.22. The lowest BCUT2D eigenvalue weighted by Crippen LogP contribution is -2.38. The summed E-state index contributed by atoms with van der Waals surface area (Å²) in [5, 5.41) is 3.64. The average molecular weight is 203 g/mol. The Morgan fingerprint density at radius 3 is 2.47 bits per heavy atom. The first kappa shape index (κ1) is 10.7. The highest BCUT2D eigenvalue weighted by Crippen LogP contribution is 2.39. The van der Waals surface area contributed by atoms with Crippen LogP contribution in [0.3, 0.4) is 0 Å². The zero-order valence-electron chi connectivity index (χ0n) is 9.79. The molecular weight excluding hydrogens is 182 g/mol. The third-order valence-corrected chi connectivity index (χ3v) is 3.70. The van der Waals surface area contributed by atoms with Crippen LogP contribution in [0, 0.1) is 5.41 Å². The first-order valence-electron chi connectivity index (χ1n) is 5.98. The molecule has 2 rings (SSSR count). The highest BCUT2D eigenvalue weighted by molar-refractivity contribution is 5.18. The van der Waals surface area contributed by atoms with Gasteiger partial charge in [0.15, 0.2) is 0 Å². The van der Waals surface area contributed by atoms with Gasteiger partial charge < -0.3 is 5.32 Å². The van der Waals surface area contributed by atoms with E-state index >= 15 is 0 Å². The summed E-state index contributed by atoms with van der Waals surface area (Å²) < 4.78 is 0. The Morgan fingerprint density at radius 2 is 1.93 bits per heavy atom. The molecule has 0 amide bonds. The minimum absolute atomic E-state index is 0.476. The largest absolute Gasteiger partial charge is 0.310 e. The van der Waals surface area contributed by atoms with E-state index in [4.69, 9.17) is 0 Å². The molecule has 15 heavy (non-hydrogen) atoms. The van der Waals surface area contributed by atoms with Gasteiger partial charge in [0.25, 0.3) is 0 Å². The van der Waals surface area contributed by atoms with Crippen molar-refractivity contribution in [1.82, 2.24) is 5.32 Å². The summed E-state index contributed by atoms with van der Waals surface area (Å²) in [6.07, 6.45) is 4.20. The first-order chi connectivity index (χ1) is 7.20. The predicted molar refractivity (Wildman–Crippen MR) is 64.8 cm³/mol. The zero-order valence-corrected chi connectivity index (χ0v) is 9.79. The lowest BCUT2D eigenvalue weighted by atomic mass is 9.70. The lowest BCUT2D eigenvalue weighted by Gasteiger charge is -2.39. The smallest absolute Gasteiger partial charge is 0.0292 e. The summed E-state index contributed by atoms with van der Waals surface area (Å²) >= 11 is 0. The Hall–Kier alpha value is -0.820. The van der Waals surface area contributed by atoms with Crippen molar-refractivity contribution in [3.05, 3.63) is 35.9 Å². The van der Waals surface area contributed by atoms with Gasteiger partial charge in [-0.05, 0) is 30.7 Å². The van der Waals surface area contributed by atoms with Crippen LogP contribution in [-0.2, 0) is 0 Å². The summed E-state index contributed by atoms with van der Waals surface area (Å²) in [6, 6.07) is 11.2. The van der Waals surface area contributed by atoms with Crippen LogP contribution in [-0.4, -0.2) is 6.54 Å². The second-order valence-electron chi connectivity index (χ2n) is 5.18. The molecule has 1 nitrogen and oxygen atoms in total. The average Bonchev–Trinajstić information content (AvgIpc) is 2.24. The Kier molecular flexibility index (Phi) is 3.11. The third-order valence-electron chi connectivity index (χ3n) is 3.70. The molecule has 0 aliphatic heterocycles. The normalized spacial score (nSPS) is 20.7. The zero-order chi connectivity index (χ0) is 10.7. The lowest BCUT2D eigenvalue weighted by molar-refractivity contribution is 0.152. The van der Waals surface area contributed by atoms with E-state index in [1.54, 1.807) is 0 Å². The minimum Gasteiger partial charge on any atom is -0.310 e. The number of hydrogen-bond donors (Lipinski definition) is 1. The van der Waals surface area contributed by atoms with E-state index in [0.29, 0.717) is 11.5 Å². The molecule has 1 fully saturated rings. The highest BCUT2D eigenvalue weighted by atomic mass is 14.9. The molecule has 0 spiro atoms. The minimum atomic E-state index is 0.476. The Morgan fingerprint density at radius 1 is 1.27 bits per heavy atom.